The van der Waals surface area contributed by atoms with E-state index in [0.29, 0.717) is 25.0 Å². The van der Waals surface area contributed by atoms with Gasteiger partial charge in [-0.25, -0.2) is 0 Å². The van der Waals surface area contributed by atoms with E-state index in [9.17, 15) is 0 Å². The molecule has 4 atom stereocenters. The quantitative estimate of drug-likeness (QED) is 0.301. The fourth-order valence-corrected chi connectivity index (χ4v) is 2.24. The second kappa shape index (κ2) is 7.59. The molecular formula is C15H26O3. The predicted molar refractivity (Wildman–Crippen MR) is 73.1 cm³/mol. The topological polar surface area (TPSA) is 27.7 Å². The Hall–Kier alpha value is -0.800. The molecule has 3 nitrogen and oxygen atoms in total. The molecule has 0 aliphatic heterocycles. The number of hydrogen-bond donors (Lipinski definition) is 0. The Bertz CT molecular complexity index is 285. The molecule has 0 heterocycles. The van der Waals surface area contributed by atoms with Gasteiger partial charge < -0.3 is 14.2 Å². The summed E-state index contributed by atoms with van der Waals surface area (Å²) in [7, 11) is 0. The van der Waals surface area contributed by atoms with E-state index in [2.05, 4.69) is 33.4 Å². The van der Waals surface area contributed by atoms with E-state index in [-0.39, 0.29) is 12.4 Å². The van der Waals surface area contributed by atoms with E-state index in [1.165, 1.54) is 11.8 Å². The first-order chi connectivity index (χ1) is 8.56. The highest BCUT2D eigenvalue weighted by molar-refractivity contribution is 5.11. The second-order valence-electron chi connectivity index (χ2n) is 5.05. The molecule has 3 unspecified atom stereocenters. The maximum atomic E-state index is 5.99. The maximum absolute atomic E-state index is 5.99. The molecule has 0 saturated carbocycles. The van der Waals surface area contributed by atoms with Crippen molar-refractivity contribution in [2.45, 2.75) is 46.5 Å². The van der Waals surface area contributed by atoms with Gasteiger partial charge in [0.1, 0.15) is 6.61 Å². The number of rotatable bonds is 7. The van der Waals surface area contributed by atoms with E-state index < -0.39 is 0 Å². The van der Waals surface area contributed by atoms with Crippen molar-refractivity contribution in [3.8, 4) is 0 Å². The lowest BCUT2D eigenvalue weighted by molar-refractivity contribution is -0.170. The molecule has 0 fully saturated rings. The fourth-order valence-electron chi connectivity index (χ4n) is 2.24. The smallest absolute Gasteiger partial charge is 0.155 e. The Balaban J connectivity index is 2.37. The molecular weight excluding hydrogens is 228 g/mol. The first-order valence-corrected chi connectivity index (χ1v) is 6.72. The lowest BCUT2D eigenvalue weighted by Gasteiger charge is -2.35. The summed E-state index contributed by atoms with van der Waals surface area (Å²) in [6, 6.07) is 0. The zero-order chi connectivity index (χ0) is 13.5. The standard InChI is InChI=1S/C15H26O3/c1-6-16-9-10-17-14(5)18-15-12(3)8-7-11(2)13(15)4/h6,8,11,13-15H,1,7,9-10H2,2-5H3/t11?,13?,14?,15-/m1/s1. The molecule has 0 amide bonds. The van der Waals surface area contributed by atoms with Gasteiger partial charge in [-0.1, -0.05) is 26.5 Å². The Morgan fingerprint density at radius 1 is 1.44 bits per heavy atom. The molecule has 0 bridgehead atoms. The van der Waals surface area contributed by atoms with Gasteiger partial charge in [0.25, 0.3) is 0 Å². The first kappa shape index (κ1) is 15.3. The molecule has 0 aromatic carbocycles. The molecule has 1 rings (SSSR count). The second-order valence-corrected chi connectivity index (χ2v) is 5.05. The van der Waals surface area contributed by atoms with Crippen LogP contribution in [-0.4, -0.2) is 25.6 Å². The Kier molecular flexibility index (Phi) is 6.44. The third-order valence-electron chi connectivity index (χ3n) is 3.65. The number of ether oxygens (including phenoxy) is 3. The highest BCUT2D eigenvalue weighted by Crippen LogP contribution is 2.32. The first-order valence-electron chi connectivity index (χ1n) is 6.72. The van der Waals surface area contributed by atoms with Crippen LogP contribution < -0.4 is 0 Å². The van der Waals surface area contributed by atoms with E-state index in [0.717, 1.165) is 6.42 Å². The Morgan fingerprint density at radius 3 is 2.83 bits per heavy atom. The van der Waals surface area contributed by atoms with E-state index in [4.69, 9.17) is 14.2 Å². The summed E-state index contributed by atoms with van der Waals surface area (Å²) in [6.07, 6.45) is 4.81. The normalized spacial score (nSPS) is 29.6. The molecule has 0 spiro atoms. The third-order valence-corrected chi connectivity index (χ3v) is 3.65. The Labute approximate surface area is 111 Å². The van der Waals surface area contributed by atoms with Crippen LogP contribution in [0.15, 0.2) is 24.5 Å². The maximum Gasteiger partial charge on any atom is 0.155 e. The minimum Gasteiger partial charge on any atom is -0.499 e. The van der Waals surface area contributed by atoms with Crippen molar-refractivity contribution in [1.82, 2.24) is 0 Å². The van der Waals surface area contributed by atoms with Gasteiger partial charge >= 0.3 is 0 Å². The molecule has 18 heavy (non-hydrogen) atoms. The zero-order valence-corrected chi connectivity index (χ0v) is 12.0. The lowest BCUT2D eigenvalue weighted by Crippen LogP contribution is -2.34. The molecule has 0 N–H and O–H groups in total. The van der Waals surface area contributed by atoms with E-state index >= 15 is 0 Å². The molecule has 3 heteroatoms. The minimum absolute atomic E-state index is 0.170. The van der Waals surface area contributed by atoms with Crippen molar-refractivity contribution >= 4 is 0 Å². The van der Waals surface area contributed by atoms with Crippen molar-refractivity contribution in [3.05, 3.63) is 24.5 Å². The van der Waals surface area contributed by atoms with Crippen LogP contribution in [-0.2, 0) is 14.2 Å². The summed E-state index contributed by atoms with van der Waals surface area (Å²) >= 11 is 0. The predicted octanol–water partition coefficient (Wildman–Crippen LogP) is 3.52. The van der Waals surface area contributed by atoms with Crippen LogP contribution in [0.1, 0.15) is 34.1 Å². The molecule has 0 saturated heterocycles. The van der Waals surface area contributed by atoms with Gasteiger partial charge in [0, 0.05) is 0 Å². The van der Waals surface area contributed by atoms with Crippen molar-refractivity contribution in [1.29, 1.82) is 0 Å². The lowest BCUT2D eigenvalue weighted by atomic mass is 9.80. The summed E-state index contributed by atoms with van der Waals surface area (Å²) in [5, 5.41) is 0. The summed E-state index contributed by atoms with van der Waals surface area (Å²) in [4.78, 5) is 0. The van der Waals surface area contributed by atoms with Crippen molar-refractivity contribution < 1.29 is 14.2 Å². The van der Waals surface area contributed by atoms with Crippen LogP contribution in [0.4, 0.5) is 0 Å². The van der Waals surface area contributed by atoms with Crippen molar-refractivity contribution in [2.24, 2.45) is 11.8 Å². The molecule has 0 radical (unpaired) electrons. The van der Waals surface area contributed by atoms with E-state index in [1.807, 2.05) is 6.92 Å². The third kappa shape index (κ3) is 4.46. The van der Waals surface area contributed by atoms with Crippen molar-refractivity contribution in [2.75, 3.05) is 13.2 Å². The molecule has 0 aromatic heterocycles. The molecule has 104 valence electrons. The summed E-state index contributed by atoms with van der Waals surface area (Å²) in [6.45, 7) is 13.1. The SMILES string of the molecule is C=COCCOC(C)O[C@@H]1C(C)=CCC(C)C1C. The van der Waals surface area contributed by atoms with Gasteiger partial charge in [0.05, 0.1) is 19.0 Å². The van der Waals surface area contributed by atoms with E-state index in [1.54, 1.807) is 0 Å². The van der Waals surface area contributed by atoms with Gasteiger partial charge in [-0.15, -0.1) is 0 Å². The van der Waals surface area contributed by atoms with Gasteiger partial charge in [0.15, 0.2) is 6.29 Å². The zero-order valence-electron chi connectivity index (χ0n) is 12.0. The van der Waals surface area contributed by atoms with Gasteiger partial charge in [-0.2, -0.15) is 0 Å². The number of allylic oxidation sites excluding steroid dienone is 1. The molecule has 0 aromatic rings. The number of hydrogen-bond acceptors (Lipinski definition) is 3. The Morgan fingerprint density at radius 2 is 2.17 bits per heavy atom. The van der Waals surface area contributed by atoms with Gasteiger partial charge in [-0.05, 0) is 37.7 Å². The van der Waals surface area contributed by atoms with Crippen molar-refractivity contribution in [3.63, 3.8) is 0 Å². The minimum atomic E-state index is -0.209. The highest BCUT2D eigenvalue weighted by atomic mass is 16.7. The molecule has 1 aliphatic rings. The largest absolute Gasteiger partial charge is 0.499 e. The summed E-state index contributed by atoms with van der Waals surface area (Å²) < 4.78 is 16.6. The van der Waals surface area contributed by atoms with Crippen LogP contribution >= 0.6 is 0 Å². The summed E-state index contributed by atoms with van der Waals surface area (Å²) in [5.41, 5.74) is 1.32. The average molecular weight is 254 g/mol. The van der Waals surface area contributed by atoms with Gasteiger partial charge in [-0.3, -0.25) is 0 Å². The monoisotopic (exact) mass is 254 g/mol. The van der Waals surface area contributed by atoms with Crippen LogP contribution in [0.5, 0.6) is 0 Å². The average Bonchev–Trinajstić information content (AvgIpc) is 2.35. The van der Waals surface area contributed by atoms with Crippen LogP contribution in [0.3, 0.4) is 0 Å². The van der Waals surface area contributed by atoms with Crippen LogP contribution in [0, 0.1) is 11.8 Å². The summed E-state index contributed by atoms with van der Waals surface area (Å²) in [5.74, 6) is 1.19. The highest BCUT2D eigenvalue weighted by Gasteiger charge is 2.29. The van der Waals surface area contributed by atoms with Crippen LogP contribution in [0.2, 0.25) is 0 Å². The van der Waals surface area contributed by atoms with Crippen LogP contribution in [0.25, 0.3) is 0 Å². The fraction of sp³-hybridized carbons (Fsp3) is 0.733. The molecule has 1 aliphatic carbocycles. The van der Waals surface area contributed by atoms with Gasteiger partial charge in [0.2, 0.25) is 0 Å².